The van der Waals surface area contributed by atoms with Crippen LogP contribution in [0.1, 0.15) is 45.7 Å². The third-order valence-corrected chi connectivity index (χ3v) is 5.98. The predicted octanol–water partition coefficient (Wildman–Crippen LogP) is -1.04. The molecule has 0 heterocycles. The fourth-order valence-corrected chi connectivity index (χ4v) is 4.27. The van der Waals surface area contributed by atoms with Gasteiger partial charge in [-0.05, 0) is 54.5 Å². The van der Waals surface area contributed by atoms with Crippen molar-refractivity contribution in [3.63, 3.8) is 0 Å². The summed E-state index contributed by atoms with van der Waals surface area (Å²) in [6, 6.07) is -1.92. The molecular formula is C21H30IN3O9. The molecule has 0 spiro atoms. The van der Waals surface area contributed by atoms with Gasteiger partial charge >= 0.3 is 5.97 Å². The summed E-state index contributed by atoms with van der Waals surface area (Å²) in [7, 11) is 0. The molecule has 0 radical (unpaired) electrons. The van der Waals surface area contributed by atoms with Crippen molar-refractivity contribution in [2.45, 2.75) is 45.9 Å². The van der Waals surface area contributed by atoms with E-state index in [-0.39, 0.29) is 31.5 Å². The van der Waals surface area contributed by atoms with E-state index in [1.54, 1.807) is 0 Å². The molecule has 0 aliphatic rings. The lowest BCUT2D eigenvalue weighted by Crippen LogP contribution is -2.42. The summed E-state index contributed by atoms with van der Waals surface area (Å²) >= 11 is 1.82. The van der Waals surface area contributed by atoms with Crippen LogP contribution in [0.25, 0.3) is 0 Å². The minimum Gasteiger partial charge on any atom is -0.453 e. The average Bonchev–Trinajstić information content (AvgIpc) is 2.77. The van der Waals surface area contributed by atoms with Gasteiger partial charge in [0, 0.05) is 16.1 Å². The largest absolute Gasteiger partial charge is 0.453 e. The van der Waals surface area contributed by atoms with Crippen molar-refractivity contribution in [3.05, 3.63) is 25.8 Å². The van der Waals surface area contributed by atoms with E-state index in [0.717, 1.165) is 6.92 Å². The van der Waals surface area contributed by atoms with Crippen LogP contribution in [0.3, 0.4) is 0 Å². The summed E-state index contributed by atoms with van der Waals surface area (Å²) in [5.41, 5.74) is 0.641. The van der Waals surface area contributed by atoms with Crippen LogP contribution in [0.2, 0.25) is 0 Å². The number of ether oxygens (including phenoxy) is 1. The maximum atomic E-state index is 13.0. The van der Waals surface area contributed by atoms with Crippen molar-refractivity contribution >= 4 is 52.0 Å². The van der Waals surface area contributed by atoms with Gasteiger partial charge in [-0.1, -0.05) is 0 Å². The number of rotatable bonds is 11. The van der Waals surface area contributed by atoms with Gasteiger partial charge in [-0.3, -0.25) is 19.2 Å². The van der Waals surface area contributed by atoms with E-state index in [1.165, 1.54) is 20.8 Å². The van der Waals surface area contributed by atoms with E-state index in [2.05, 4.69) is 16.0 Å². The second-order valence-corrected chi connectivity index (χ2v) is 8.58. The molecule has 1 atom stereocenters. The van der Waals surface area contributed by atoms with Gasteiger partial charge in [-0.15, -0.1) is 0 Å². The van der Waals surface area contributed by atoms with Crippen molar-refractivity contribution in [3.8, 4) is 0 Å². The van der Waals surface area contributed by atoms with Crippen LogP contribution in [0.15, 0.2) is 0 Å². The van der Waals surface area contributed by atoms with E-state index >= 15 is 0 Å². The molecule has 0 bridgehead atoms. The third-order valence-electron chi connectivity index (χ3n) is 4.91. The van der Waals surface area contributed by atoms with Crippen molar-refractivity contribution in [2.75, 3.05) is 31.7 Å². The number of nitrogens with one attached hydrogen (secondary N) is 3. The van der Waals surface area contributed by atoms with Crippen LogP contribution in [-0.4, -0.2) is 88.7 Å². The number of carbonyl (C=O) groups is 4. The number of hydrogen-bond acceptors (Lipinski definition) is 9. The van der Waals surface area contributed by atoms with Crippen LogP contribution < -0.4 is 16.0 Å². The summed E-state index contributed by atoms with van der Waals surface area (Å²) in [6.45, 7) is 3.42. The molecule has 7 N–H and O–H groups in total. The summed E-state index contributed by atoms with van der Waals surface area (Å²) in [5, 5.41) is 44.8. The standard InChI is InChI=1S/C21H30IN3O9/c1-9-15(20(32)23-13(5-26)6-27)10(2)18(25-19(31)11(3)34-12(4)30)17(22)16(9)21(33)24-14(7-28)8-29/h11,13-14,26-29H,5-8H2,1-4H3,(H,23,32)(H,24,33)(H,25,31)/t11-/m0/s1. The van der Waals surface area contributed by atoms with E-state index in [4.69, 9.17) is 4.74 Å². The zero-order chi connectivity index (χ0) is 26.2. The Hall–Kier alpha value is -2.33. The molecule has 0 aliphatic heterocycles. The second-order valence-electron chi connectivity index (χ2n) is 7.50. The van der Waals surface area contributed by atoms with Gasteiger partial charge in [0.25, 0.3) is 17.7 Å². The van der Waals surface area contributed by atoms with Crippen LogP contribution in [0.4, 0.5) is 5.69 Å². The SMILES string of the molecule is CC(=O)O[C@@H](C)C(=O)Nc1c(C)c(C(=O)NC(CO)CO)c(C)c(C(=O)NC(CO)CO)c1I. The number of esters is 1. The third kappa shape index (κ3) is 7.33. The van der Waals surface area contributed by atoms with Gasteiger partial charge < -0.3 is 41.1 Å². The zero-order valence-corrected chi connectivity index (χ0v) is 21.4. The average molecular weight is 595 g/mol. The highest BCUT2D eigenvalue weighted by molar-refractivity contribution is 14.1. The lowest BCUT2D eigenvalue weighted by Gasteiger charge is -2.24. The molecule has 0 unspecified atom stereocenters. The first kappa shape index (κ1) is 29.7. The van der Waals surface area contributed by atoms with Gasteiger partial charge in [0.15, 0.2) is 6.10 Å². The lowest BCUT2D eigenvalue weighted by molar-refractivity contribution is -0.150. The molecule has 12 nitrogen and oxygen atoms in total. The minimum atomic E-state index is -1.16. The Bertz CT molecular complexity index is 878. The number of anilines is 1. The molecule has 34 heavy (non-hydrogen) atoms. The Morgan fingerprint density at radius 2 is 1.29 bits per heavy atom. The fraction of sp³-hybridized carbons (Fsp3) is 0.524. The Labute approximate surface area is 210 Å². The van der Waals surface area contributed by atoms with Gasteiger partial charge in [-0.2, -0.15) is 0 Å². The molecule has 0 saturated heterocycles. The van der Waals surface area contributed by atoms with E-state index in [9.17, 15) is 39.6 Å². The summed E-state index contributed by atoms with van der Waals surface area (Å²) < 4.78 is 5.15. The summed E-state index contributed by atoms with van der Waals surface area (Å²) in [5.74, 6) is -2.80. The van der Waals surface area contributed by atoms with E-state index in [0.29, 0.717) is 0 Å². The number of aliphatic hydroxyl groups excluding tert-OH is 4. The maximum Gasteiger partial charge on any atom is 0.303 e. The van der Waals surface area contributed by atoms with Crippen LogP contribution >= 0.6 is 22.6 Å². The molecule has 3 amide bonds. The molecule has 0 saturated carbocycles. The van der Waals surface area contributed by atoms with Crippen molar-refractivity contribution in [1.29, 1.82) is 0 Å². The molecule has 0 aliphatic carbocycles. The van der Waals surface area contributed by atoms with E-state index in [1.807, 2.05) is 22.6 Å². The molecule has 1 aromatic carbocycles. The Morgan fingerprint density at radius 3 is 1.71 bits per heavy atom. The lowest BCUT2D eigenvalue weighted by atomic mass is 9.94. The van der Waals surface area contributed by atoms with Gasteiger partial charge in [-0.25, -0.2) is 0 Å². The summed E-state index contributed by atoms with van der Waals surface area (Å²) in [6.07, 6.45) is -1.16. The van der Waals surface area contributed by atoms with Crippen LogP contribution in [-0.2, 0) is 14.3 Å². The maximum absolute atomic E-state index is 13.0. The van der Waals surface area contributed by atoms with Crippen molar-refractivity contribution in [2.24, 2.45) is 0 Å². The number of carbonyl (C=O) groups excluding carboxylic acids is 4. The number of benzene rings is 1. The van der Waals surface area contributed by atoms with Gasteiger partial charge in [0.1, 0.15) is 0 Å². The van der Waals surface area contributed by atoms with Gasteiger partial charge in [0.05, 0.1) is 49.8 Å². The minimum absolute atomic E-state index is 0.00300. The molecule has 190 valence electrons. The highest BCUT2D eigenvalue weighted by atomic mass is 127. The summed E-state index contributed by atoms with van der Waals surface area (Å²) in [4.78, 5) is 49.9. The normalized spacial score (nSPS) is 11.9. The molecule has 0 aromatic heterocycles. The predicted molar refractivity (Wildman–Crippen MR) is 129 cm³/mol. The highest BCUT2D eigenvalue weighted by Gasteiger charge is 2.29. The number of amides is 3. The topological polar surface area (TPSA) is 195 Å². The van der Waals surface area contributed by atoms with Crippen molar-refractivity contribution < 1.29 is 44.3 Å². The molecule has 0 fully saturated rings. The molecule has 13 heteroatoms. The first-order valence-electron chi connectivity index (χ1n) is 10.3. The number of aliphatic hydroxyl groups is 4. The highest BCUT2D eigenvalue weighted by Crippen LogP contribution is 2.33. The van der Waals surface area contributed by atoms with Crippen molar-refractivity contribution in [1.82, 2.24) is 10.6 Å². The van der Waals surface area contributed by atoms with Crippen LogP contribution in [0, 0.1) is 17.4 Å². The Kier molecular flexibility index (Phi) is 11.8. The Morgan fingerprint density at radius 1 is 0.853 bits per heavy atom. The zero-order valence-electron chi connectivity index (χ0n) is 19.3. The quantitative estimate of drug-likeness (QED) is 0.124. The molecule has 1 rings (SSSR count). The van der Waals surface area contributed by atoms with Gasteiger partial charge in [0.2, 0.25) is 0 Å². The number of hydrogen-bond donors (Lipinski definition) is 7. The smallest absolute Gasteiger partial charge is 0.303 e. The molecular weight excluding hydrogens is 565 g/mol. The second kappa shape index (κ2) is 13.5. The molecule has 1 aromatic rings. The number of halogens is 1. The first-order valence-corrected chi connectivity index (χ1v) is 11.4. The monoisotopic (exact) mass is 595 g/mol. The fourth-order valence-electron chi connectivity index (χ4n) is 3.09. The van der Waals surface area contributed by atoms with E-state index < -0.39 is 68.3 Å². The first-order chi connectivity index (χ1) is 15.9. The Balaban J connectivity index is 3.65. The van der Waals surface area contributed by atoms with Crippen LogP contribution in [0.5, 0.6) is 0 Å².